The van der Waals surface area contributed by atoms with Crippen LogP contribution in [-0.4, -0.2) is 239 Å². The highest BCUT2D eigenvalue weighted by Crippen LogP contribution is 2.34. The third-order valence-corrected chi connectivity index (χ3v) is 9.48. The number of hydrogen-bond donors (Lipinski definition) is 14. The molecular weight excluding hydrogens is 704 g/mol. The van der Waals surface area contributed by atoms with E-state index in [9.17, 15) is 71.5 Å². The maximum absolute atomic E-state index is 11.3. The standard InChI is InChI=1S/C28H48O23/c1-6-11(32)15(36)20(41)27(46-6)51-23-21(8(31)4-43-24(23)42)49-28-22(50-26-18(39)12(33)7(30)3-44-26)17(38)14(35)10(48-28)5-45-25-19(40)16(37)13(34)9(2-29)47-25/h6-42H,2-5H2,1H3/t6-,7+,8-,9+,10+,11-,12-,13+,14+,15+,16-,17-,18+,19+,20+,21-,22+,23+,24+,25+,26-,27-,28-/m0/s1. The highest BCUT2D eigenvalue weighted by molar-refractivity contribution is 4.96. The van der Waals surface area contributed by atoms with E-state index in [0.717, 1.165) is 0 Å². The van der Waals surface area contributed by atoms with E-state index in [0.29, 0.717) is 0 Å². The maximum atomic E-state index is 11.3. The van der Waals surface area contributed by atoms with Crippen LogP contribution in [0.25, 0.3) is 0 Å². The molecule has 0 aromatic carbocycles. The Balaban J connectivity index is 1.38. The molecule has 5 aliphatic heterocycles. The molecule has 0 spiro atoms. The number of aliphatic hydroxyl groups excluding tert-OH is 14. The van der Waals surface area contributed by atoms with E-state index in [1.54, 1.807) is 0 Å². The third-order valence-electron chi connectivity index (χ3n) is 9.48. The maximum Gasteiger partial charge on any atom is 0.187 e. The zero-order valence-corrected chi connectivity index (χ0v) is 27.0. The highest BCUT2D eigenvalue weighted by Gasteiger charge is 2.54. The van der Waals surface area contributed by atoms with Gasteiger partial charge in [0.25, 0.3) is 0 Å². The molecule has 0 aromatic rings. The van der Waals surface area contributed by atoms with Crippen LogP contribution in [0.15, 0.2) is 0 Å². The first-order valence-electron chi connectivity index (χ1n) is 16.3. The highest BCUT2D eigenvalue weighted by atomic mass is 16.8. The summed E-state index contributed by atoms with van der Waals surface area (Å²) in [7, 11) is 0. The molecule has 51 heavy (non-hydrogen) atoms. The van der Waals surface area contributed by atoms with Crippen molar-refractivity contribution in [2.75, 3.05) is 26.4 Å². The van der Waals surface area contributed by atoms with Gasteiger partial charge in [0.15, 0.2) is 31.5 Å². The fourth-order valence-electron chi connectivity index (χ4n) is 6.26. The molecule has 23 nitrogen and oxygen atoms in total. The molecule has 0 bridgehead atoms. The van der Waals surface area contributed by atoms with Crippen molar-refractivity contribution in [2.45, 2.75) is 148 Å². The van der Waals surface area contributed by atoms with Gasteiger partial charge >= 0.3 is 0 Å². The lowest BCUT2D eigenvalue weighted by Gasteiger charge is -2.48. The van der Waals surface area contributed by atoms with Crippen molar-refractivity contribution < 1.29 is 114 Å². The van der Waals surface area contributed by atoms with Gasteiger partial charge in [0.2, 0.25) is 0 Å². The lowest BCUT2D eigenvalue weighted by Crippen LogP contribution is -2.66. The van der Waals surface area contributed by atoms with Crippen molar-refractivity contribution in [1.29, 1.82) is 0 Å². The second-order valence-corrected chi connectivity index (χ2v) is 13.1. The Labute approximate surface area is 289 Å². The summed E-state index contributed by atoms with van der Waals surface area (Å²) in [6.07, 6.45) is -39.6. The van der Waals surface area contributed by atoms with Crippen molar-refractivity contribution in [2.24, 2.45) is 0 Å². The first kappa shape index (κ1) is 41.2. The first-order chi connectivity index (χ1) is 24.0. The lowest BCUT2D eigenvalue weighted by atomic mass is 9.97. The van der Waals surface area contributed by atoms with Crippen molar-refractivity contribution in [1.82, 2.24) is 0 Å². The van der Waals surface area contributed by atoms with Gasteiger partial charge in [-0.05, 0) is 6.92 Å². The molecule has 0 aromatic heterocycles. The van der Waals surface area contributed by atoms with Crippen LogP contribution in [0.2, 0.25) is 0 Å². The van der Waals surface area contributed by atoms with E-state index in [-0.39, 0.29) is 0 Å². The Kier molecular flexibility index (Phi) is 14.0. The van der Waals surface area contributed by atoms with E-state index in [1.807, 2.05) is 0 Å². The van der Waals surface area contributed by atoms with Crippen LogP contribution in [0, 0.1) is 0 Å². The van der Waals surface area contributed by atoms with Gasteiger partial charge in [-0.15, -0.1) is 0 Å². The SMILES string of the molecule is C[C@@H]1O[C@@H](O[C@@H]2[C@@H](O[C@@H]3O[C@H](CO[C@@H]4O[C@H](CO)[C@@H](O)[C@H](O)[C@H]4O)[C@@H](O)[C@H](O)[C@H]3O[C@@H]3OC[C@@H](O)[C@H](O)[C@H]3O)[C@@H](O)CO[C@H]2O)[C@H](O)[C@H](O)[C@H]1O. The van der Waals surface area contributed by atoms with E-state index >= 15 is 0 Å². The Hall–Kier alpha value is -0.920. The van der Waals surface area contributed by atoms with Crippen LogP contribution in [0.1, 0.15) is 6.92 Å². The minimum absolute atomic E-state index is 0.528. The van der Waals surface area contributed by atoms with Gasteiger partial charge in [0.05, 0.1) is 32.5 Å². The van der Waals surface area contributed by atoms with Crippen LogP contribution in [0.4, 0.5) is 0 Å². The van der Waals surface area contributed by atoms with Gasteiger partial charge in [-0.2, -0.15) is 0 Å². The summed E-state index contributed by atoms with van der Waals surface area (Å²) < 4.78 is 49.8. The molecule has 5 rings (SSSR count). The Morgan fingerprint density at radius 1 is 0.471 bits per heavy atom. The van der Waals surface area contributed by atoms with Crippen LogP contribution in [-0.2, 0) is 42.6 Å². The number of rotatable bonds is 10. The zero-order chi connectivity index (χ0) is 37.5. The minimum Gasteiger partial charge on any atom is -0.394 e. The summed E-state index contributed by atoms with van der Waals surface area (Å²) >= 11 is 0. The minimum atomic E-state index is -2.02. The number of aliphatic hydroxyl groups is 14. The summed E-state index contributed by atoms with van der Waals surface area (Å²) in [5, 5.41) is 145. The van der Waals surface area contributed by atoms with Crippen LogP contribution in [0.3, 0.4) is 0 Å². The fourth-order valence-corrected chi connectivity index (χ4v) is 6.26. The summed E-state index contributed by atoms with van der Waals surface area (Å²) in [4.78, 5) is 0. The van der Waals surface area contributed by atoms with Crippen molar-refractivity contribution in [3.63, 3.8) is 0 Å². The van der Waals surface area contributed by atoms with E-state index < -0.39 is 168 Å². The third kappa shape index (κ3) is 8.66. The number of ether oxygens (including phenoxy) is 9. The lowest BCUT2D eigenvalue weighted by molar-refractivity contribution is -0.394. The Morgan fingerprint density at radius 3 is 1.71 bits per heavy atom. The van der Waals surface area contributed by atoms with Gasteiger partial charge in [-0.25, -0.2) is 0 Å². The zero-order valence-electron chi connectivity index (χ0n) is 27.0. The largest absolute Gasteiger partial charge is 0.394 e. The van der Waals surface area contributed by atoms with E-state index in [1.165, 1.54) is 6.92 Å². The predicted octanol–water partition coefficient (Wildman–Crippen LogP) is -9.62. The fraction of sp³-hybridized carbons (Fsp3) is 1.00. The first-order valence-corrected chi connectivity index (χ1v) is 16.3. The van der Waals surface area contributed by atoms with Crippen LogP contribution < -0.4 is 0 Å². The summed E-state index contributed by atoms with van der Waals surface area (Å²) in [5.74, 6) is 0. The van der Waals surface area contributed by atoms with Gasteiger partial charge in [-0.3, -0.25) is 0 Å². The van der Waals surface area contributed by atoms with Gasteiger partial charge in [-0.1, -0.05) is 0 Å². The van der Waals surface area contributed by atoms with E-state index in [2.05, 4.69) is 0 Å². The predicted molar refractivity (Wildman–Crippen MR) is 153 cm³/mol. The molecular formula is C28H48O23. The van der Waals surface area contributed by atoms with Crippen LogP contribution >= 0.6 is 0 Å². The molecule has 0 aliphatic carbocycles. The van der Waals surface area contributed by atoms with Crippen LogP contribution in [0.5, 0.6) is 0 Å². The van der Waals surface area contributed by atoms with Crippen molar-refractivity contribution in [3.05, 3.63) is 0 Å². The number of hydrogen-bond acceptors (Lipinski definition) is 23. The molecule has 14 N–H and O–H groups in total. The van der Waals surface area contributed by atoms with E-state index in [4.69, 9.17) is 42.6 Å². The molecule has 298 valence electrons. The van der Waals surface area contributed by atoms with Crippen molar-refractivity contribution in [3.8, 4) is 0 Å². The molecule has 0 amide bonds. The molecule has 5 aliphatic rings. The summed E-state index contributed by atoms with van der Waals surface area (Å²) in [5.41, 5.74) is 0. The average molecular weight is 753 g/mol. The molecule has 0 radical (unpaired) electrons. The molecule has 5 saturated heterocycles. The summed E-state index contributed by atoms with van der Waals surface area (Å²) in [6, 6.07) is 0. The second-order valence-electron chi connectivity index (χ2n) is 13.1. The Morgan fingerprint density at radius 2 is 1.02 bits per heavy atom. The normalized spacial score (nSPS) is 54.3. The monoisotopic (exact) mass is 752 g/mol. The molecule has 5 heterocycles. The quantitative estimate of drug-likeness (QED) is 0.0985. The summed E-state index contributed by atoms with van der Waals surface area (Å²) in [6.45, 7) is -1.24. The second kappa shape index (κ2) is 17.3. The molecule has 23 heteroatoms. The molecule has 5 fully saturated rings. The van der Waals surface area contributed by atoms with Gasteiger partial charge < -0.3 is 114 Å². The van der Waals surface area contributed by atoms with Gasteiger partial charge in [0.1, 0.15) is 104 Å². The molecule has 23 atom stereocenters. The Bertz CT molecular complexity index is 1090. The topological polar surface area (TPSA) is 366 Å². The van der Waals surface area contributed by atoms with Gasteiger partial charge in [0, 0.05) is 0 Å². The average Bonchev–Trinajstić information content (AvgIpc) is 3.11. The molecule has 0 saturated carbocycles. The van der Waals surface area contributed by atoms with Crippen molar-refractivity contribution >= 4 is 0 Å². The molecule has 0 unspecified atom stereocenters. The smallest absolute Gasteiger partial charge is 0.187 e.